The summed E-state index contributed by atoms with van der Waals surface area (Å²) in [6, 6.07) is 21.9. The molecular formula is C16H23NSi2. The average Bonchev–Trinajstić information content (AvgIpc) is 2.40. The molecular weight excluding hydrogens is 262 g/mol. The largest absolute Gasteiger partial charge is 0.424 e. The lowest BCUT2D eigenvalue weighted by atomic mass is 10.3. The first-order valence-corrected chi connectivity index (χ1v) is 12.7. The highest BCUT2D eigenvalue weighted by Crippen LogP contribution is 2.22. The third-order valence-corrected chi connectivity index (χ3v) is 11.7. The zero-order chi connectivity index (χ0) is 13.9. The maximum Gasteiger partial charge on any atom is 0.173 e. The highest BCUT2D eigenvalue weighted by Gasteiger charge is 2.33. The molecule has 100 valence electrons. The molecule has 0 aromatic heterocycles. The fourth-order valence-electron chi connectivity index (χ4n) is 2.84. The Morgan fingerprint density at radius 3 is 1.74 bits per heavy atom. The molecule has 0 amide bonds. The van der Waals surface area contributed by atoms with Crippen molar-refractivity contribution in [1.82, 2.24) is 0 Å². The second-order valence-corrected chi connectivity index (χ2v) is 13.1. The molecule has 0 aliphatic carbocycles. The Hall–Kier alpha value is -1.33. The summed E-state index contributed by atoms with van der Waals surface area (Å²) in [5, 5.41) is 1.51. The fraction of sp³-hybridized carbons (Fsp3) is 0.250. The third kappa shape index (κ3) is 2.99. The Kier molecular flexibility index (Phi) is 4.27. The van der Waals surface area contributed by atoms with Gasteiger partial charge < -0.3 is 4.23 Å². The van der Waals surface area contributed by atoms with Crippen LogP contribution in [0.4, 0.5) is 5.69 Å². The summed E-state index contributed by atoms with van der Waals surface area (Å²) in [4.78, 5) is 0. The molecule has 0 heterocycles. The van der Waals surface area contributed by atoms with E-state index in [4.69, 9.17) is 0 Å². The molecule has 0 atom stereocenters. The molecule has 1 nitrogen and oxygen atoms in total. The molecule has 0 fully saturated rings. The Morgan fingerprint density at radius 1 is 0.789 bits per heavy atom. The molecule has 2 aromatic carbocycles. The minimum atomic E-state index is -1.62. The molecule has 0 unspecified atom stereocenters. The van der Waals surface area contributed by atoms with E-state index in [9.17, 15) is 0 Å². The van der Waals surface area contributed by atoms with Crippen molar-refractivity contribution in [2.75, 3.05) is 4.23 Å². The Labute approximate surface area is 119 Å². The van der Waals surface area contributed by atoms with E-state index < -0.39 is 17.2 Å². The minimum Gasteiger partial charge on any atom is -0.424 e. The highest BCUT2D eigenvalue weighted by molar-refractivity contribution is 7.01. The van der Waals surface area contributed by atoms with Gasteiger partial charge in [-0.2, -0.15) is 0 Å². The number of para-hydroxylation sites is 1. The summed E-state index contributed by atoms with van der Waals surface area (Å²) in [6.07, 6.45) is 0. The molecule has 0 radical (unpaired) electrons. The molecule has 0 saturated heterocycles. The number of anilines is 1. The van der Waals surface area contributed by atoms with Crippen LogP contribution in [0.25, 0.3) is 0 Å². The lowest BCUT2D eigenvalue weighted by Crippen LogP contribution is -2.62. The number of rotatable bonds is 4. The number of nitrogens with zero attached hydrogens (tertiary/aromatic N) is 1. The van der Waals surface area contributed by atoms with Gasteiger partial charge in [-0.05, 0) is 30.4 Å². The van der Waals surface area contributed by atoms with Crippen LogP contribution in [0.2, 0.25) is 26.2 Å². The molecule has 3 heteroatoms. The Balaban J connectivity index is 2.45. The van der Waals surface area contributed by atoms with Crippen LogP contribution in [-0.2, 0) is 0 Å². The quantitative estimate of drug-likeness (QED) is 0.776. The van der Waals surface area contributed by atoms with Crippen molar-refractivity contribution < 1.29 is 0 Å². The fourth-order valence-corrected chi connectivity index (χ4v) is 11.3. The lowest BCUT2D eigenvalue weighted by molar-refractivity contribution is 1.42. The molecule has 0 bridgehead atoms. The van der Waals surface area contributed by atoms with E-state index in [-0.39, 0.29) is 0 Å². The molecule has 0 N–H and O–H groups in total. The van der Waals surface area contributed by atoms with Crippen molar-refractivity contribution >= 4 is 28.1 Å². The smallest absolute Gasteiger partial charge is 0.173 e. The highest BCUT2D eigenvalue weighted by atomic mass is 28.4. The van der Waals surface area contributed by atoms with Gasteiger partial charge in [0.2, 0.25) is 0 Å². The van der Waals surface area contributed by atoms with E-state index in [1.165, 1.54) is 10.9 Å². The van der Waals surface area contributed by atoms with Crippen LogP contribution in [-0.4, -0.2) is 17.2 Å². The predicted octanol–water partition coefficient (Wildman–Crippen LogP) is 3.59. The predicted molar refractivity (Wildman–Crippen MR) is 91.4 cm³/mol. The average molecular weight is 286 g/mol. The zero-order valence-electron chi connectivity index (χ0n) is 12.3. The molecule has 0 aliphatic rings. The van der Waals surface area contributed by atoms with Crippen LogP contribution in [0.3, 0.4) is 0 Å². The topological polar surface area (TPSA) is 3.24 Å². The van der Waals surface area contributed by atoms with Gasteiger partial charge in [-0.25, -0.2) is 0 Å². The summed E-state index contributed by atoms with van der Waals surface area (Å²) >= 11 is 0. The summed E-state index contributed by atoms with van der Waals surface area (Å²) in [5.74, 6) is 0. The minimum absolute atomic E-state index is 0.912. The van der Waals surface area contributed by atoms with Crippen molar-refractivity contribution in [2.24, 2.45) is 0 Å². The molecule has 0 saturated carbocycles. The summed E-state index contributed by atoms with van der Waals surface area (Å²) < 4.78 is 2.75. The second-order valence-electron chi connectivity index (χ2n) is 5.72. The summed E-state index contributed by atoms with van der Waals surface area (Å²) in [7, 11) is -2.53. The van der Waals surface area contributed by atoms with E-state index in [0.717, 1.165) is 0 Å². The standard InChI is InChI=1S/C16H23NSi2/c1-18(2)17(15-11-7-5-8-12-15)19(3,4)16-13-9-6-10-14-16/h5-14,18H,1-4H3. The first-order chi connectivity index (χ1) is 9.03. The van der Waals surface area contributed by atoms with Crippen LogP contribution in [0.15, 0.2) is 60.7 Å². The maximum absolute atomic E-state index is 2.75. The van der Waals surface area contributed by atoms with Gasteiger partial charge in [-0.3, -0.25) is 0 Å². The van der Waals surface area contributed by atoms with E-state index >= 15 is 0 Å². The van der Waals surface area contributed by atoms with Crippen molar-refractivity contribution in [2.45, 2.75) is 26.2 Å². The molecule has 0 aliphatic heterocycles. The second kappa shape index (κ2) is 5.76. The summed E-state index contributed by atoms with van der Waals surface area (Å²) in [5.41, 5.74) is 1.39. The monoisotopic (exact) mass is 285 g/mol. The lowest BCUT2D eigenvalue weighted by Gasteiger charge is -2.42. The number of hydrogen-bond donors (Lipinski definition) is 0. The maximum atomic E-state index is 2.75. The summed E-state index contributed by atoms with van der Waals surface area (Å²) in [6.45, 7) is 9.76. The molecule has 2 aromatic rings. The third-order valence-electron chi connectivity index (χ3n) is 3.63. The van der Waals surface area contributed by atoms with Crippen LogP contribution in [0.5, 0.6) is 0 Å². The number of hydrogen-bond acceptors (Lipinski definition) is 1. The van der Waals surface area contributed by atoms with Gasteiger partial charge in [-0.1, -0.05) is 61.6 Å². The van der Waals surface area contributed by atoms with E-state index in [1.807, 2.05) is 0 Å². The van der Waals surface area contributed by atoms with Gasteiger partial charge >= 0.3 is 0 Å². The first kappa shape index (κ1) is 14.1. The first-order valence-electron chi connectivity index (χ1n) is 6.93. The van der Waals surface area contributed by atoms with Gasteiger partial charge in [0, 0.05) is 5.69 Å². The van der Waals surface area contributed by atoms with Gasteiger partial charge in [-0.15, -0.1) is 0 Å². The zero-order valence-corrected chi connectivity index (χ0v) is 14.5. The normalized spacial score (nSPS) is 11.6. The molecule has 19 heavy (non-hydrogen) atoms. The Morgan fingerprint density at radius 2 is 1.26 bits per heavy atom. The van der Waals surface area contributed by atoms with Crippen LogP contribution < -0.4 is 9.42 Å². The van der Waals surface area contributed by atoms with Gasteiger partial charge in [0.15, 0.2) is 8.24 Å². The molecule has 0 spiro atoms. The SMILES string of the molecule is C[SiH](C)N(c1ccccc1)[Si](C)(C)c1ccccc1. The van der Waals surface area contributed by atoms with Gasteiger partial charge in [0.1, 0.15) is 8.96 Å². The van der Waals surface area contributed by atoms with Crippen LogP contribution >= 0.6 is 0 Å². The molecule has 2 rings (SSSR count). The Bertz CT molecular complexity index is 509. The van der Waals surface area contributed by atoms with Crippen LogP contribution in [0, 0.1) is 0 Å². The van der Waals surface area contributed by atoms with Crippen molar-refractivity contribution in [1.29, 1.82) is 0 Å². The van der Waals surface area contributed by atoms with Crippen molar-refractivity contribution in [3.63, 3.8) is 0 Å². The number of benzene rings is 2. The van der Waals surface area contributed by atoms with Crippen molar-refractivity contribution in [3.05, 3.63) is 60.7 Å². The van der Waals surface area contributed by atoms with E-state index in [0.29, 0.717) is 0 Å². The van der Waals surface area contributed by atoms with E-state index in [1.54, 1.807) is 0 Å². The van der Waals surface area contributed by atoms with Crippen LogP contribution in [0.1, 0.15) is 0 Å². The van der Waals surface area contributed by atoms with Gasteiger partial charge in [0.25, 0.3) is 0 Å². The van der Waals surface area contributed by atoms with E-state index in [2.05, 4.69) is 91.1 Å². The van der Waals surface area contributed by atoms with Crippen molar-refractivity contribution in [3.8, 4) is 0 Å². The van der Waals surface area contributed by atoms with Gasteiger partial charge in [0.05, 0.1) is 0 Å².